The maximum Gasteiger partial charge on any atom is 0.336 e. The van der Waals surface area contributed by atoms with E-state index in [0.717, 1.165) is 12.1 Å². The quantitative estimate of drug-likeness (QED) is 0.320. The van der Waals surface area contributed by atoms with Crippen molar-refractivity contribution in [2.24, 2.45) is 0 Å². The summed E-state index contributed by atoms with van der Waals surface area (Å²) < 4.78 is 10.8. The molecular formula is C19H11NO7. The number of phenolic OH excluding ortho intramolecular Hbond substituents is 1. The summed E-state index contributed by atoms with van der Waals surface area (Å²) in [7, 11) is 0. The van der Waals surface area contributed by atoms with Crippen molar-refractivity contribution in [2.75, 3.05) is 0 Å². The van der Waals surface area contributed by atoms with Crippen molar-refractivity contribution in [1.29, 1.82) is 0 Å². The van der Waals surface area contributed by atoms with Gasteiger partial charge in [0.25, 0.3) is 0 Å². The molecule has 0 aliphatic carbocycles. The molecule has 2 heterocycles. The van der Waals surface area contributed by atoms with Gasteiger partial charge in [-0.05, 0) is 48.4 Å². The van der Waals surface area contributed by atoms with Crippen LogP contribution in [0.15, 0.2) is 51.4 Å². The molecule has 1 aromatic heterocycles. The Hall–Kier alpha value is -3.94. The number of ether oxygens (including phenoxy) is 1. The molecule has 0 saturated carbocycles. The fraction of sp³-hybridized carbons (Fsp3) is 0.0526. The van der Waals surface area contributed by atoms with E-state index in [1.807, 2.05) is 0 Å². The number of Topliss-reactive ketones (excluding diaryl/α,β-unsaturated/α-hetero) is 1. The van der Waals surface area contributed by atoms with Gasteiger partial charge in [0.05, 0.1) is 4.92 Å². The van der Waals surface area contributed by atoms with Gasteiger partial charge in [-0.25, -0.2) is 4.79 Å². The van der Waals surface area contributed by atoms with E-state index in [9.17, 15) is 24.8 Å². The molecule has 0 fully saturated rings. The van der Waals surface area contributed by atoms with Gasteiger partial charge in [-0.2, -0.15) is 0 Å². The Balaban J connectivity index is 1.81. The van der Waals surface area contributed by atoms with Gasteiger partial charge in [-0.1, -0.05) is 0 Å². The normalized spacial score (nSPS) is 14.4. The maximum absolute atomic E-state index is 12.8. The van der Waals surface area contributed by atoms with Crippen LogP contribution in [0.2, 0.25) is 0 Å². The number of hydrogen-bond acceptors (Lipinski definition) is 7. The van der Waals surface area contributed by atoms with Gasteiger partial charge >= 0.3 is 11.3 Å². The lowest BCUT2D eigenvalue weighted by molar-refractivity contribution is -0.385. The number of phenols is 1. The summed E-state index contributed by atoms with van der Waals surface area (Å²) in [5.74, 6) is -0.805. The van der Waals surface area contributed by atoms with E-state index in [1.165, 1.54) is 18.2 Å². The van der Waals surface area contributed by atoms with Gasteiger partial charge in [-0.3, -0.25) is 14.9 Å². The van der Waals surface area contributed by atoms with E-state index in [2.05, 4.69) is 0 Å². The molecular weight excluding hydrogens is 354 g/mol. The molecule has 0 unspecified atom stereocenters. The highest BCUT2D eigenvalue weighted by Crippen LogP contribution is 2.38. The molecule has 0 spiro atoms. The maximum atomic E-state index is 12.8. The standard InChI is InChI=1S/C19H11NO7/c1-9-6-16(22)27-19-11(9)3-5-14-17(19)18(23)15(26-14)8-10-2-4-12(20(24)25)13(21)7-10/h2-8,21H,1H3/b15-8-. The lowest BCUT2D eigenvalue weighted by Crippen LogP contribution is -2.02. The first-order chi connectivity index (χ1) is 12.8. The fourth-order valence-electron chi connectivity index (χ4n) is 2.98. The van der Waals surface area contributed by atoms with Crippen LogP contribution in [0.4, 0.5) is 5.69 Å². The summed E-state index contributed by atoms with van der Waals surface area (Å²) in [4.78, 5) is 34.5. The SMILES string of the molecule is Cc1cc(=O)oc2c3c(ccc12)O/C(=C\c1ccc([N+](=O)[O-])c(O)c1)C3=O. The molecule has 0 radical (unpaired) electrons. The van der Waals surface area contributed by atoms with E-state index in [4.69, 9.17) is 9.15 Å². The first-order valence-corrected chi connectivity index (χ1v) is 7.84. The summed E-state index contributed by atoms with van der Waals surface area (Å²) in [5.41, 5.74) is 0.301. The van der Waals surface area contributed by atoms with Crippen LogP contribution in [0.1, 0.15) is 21.5 Å². The molecule has 0 bridgehead atoms. The highest BCUT2D eigenvalue weighted by molar-refractivity contribution is 6.20. The summed E-state index contributed by atoms with van der Waals surface area (Å²) >= 11 is 0. The van der Waals surface area contributed by atoms with E-state index in [1.54, 1.807) is 19.1 Å². The predicted molar refractivity (Wildman–Crippen MR) is 94.9 cm³/mol. The van der Waals surface area contributed by atoms with Crippen LogP contribution in [0.3, 0.4) is 0 Å². The Morgan fingerprint density at radius 1 is 1.15 bits per heavy atom. The summed E-state index contributed by atoms with van der Waals surface area (Å²) in [6.45, 7) is 1.74. The Bertz CT molecular complexity index is 1240. The Morgan fingerprint density at radius 2 is 1.93 bits per heavy atom. The second-order valence-corrected chi connectivity index (χ2v) is 6.01. The van der Waals surface area contributed by atoms with Gasteiger partial charge in [0.15, 0.2) is 17.1 Å². The Morgan fingerprint density at radius 3 is 2.63 bits per heavy atom. The number of aryl methyl sites for hydroxylation is 1. The van der Waals surface area contributed by atoms with Crippen molar-refractivity contribution in [1.82, 2.24) is 0 Å². The third kappa shape index (κ3) is 2.63. The molecule has 3 aromatic rings. The number of hydrogen-bond donors (Lipinski definition) is 1. The summed E-state index contributed by atoms with van der Waals surface area (Å²) in [5, 5.41) is 21.1. The summed E-state index contributed by atoms with van der Waals surface area (Å²) in [6.07, 6.45) is 1.35. The average molecular weight is 365 g/mol. The van der Waals surface area contributed by atoms with Crippen LogP contribution >= 0.6 is 0 Å². The van der Waals surface area contributed by atoms with Crippen molar-refractivity contribution in [2.45, 2.75) is 6.92 Å². The van der Waals surface area contributed by atoms with Gasteiger partial charge in [0.2, 0.25) is 5.78 Å². The van der Waals surface area contributed by atoms with Gasteiger partial charge in [-0.15, -0.1) is 0 Å². The lowest BCUT2D eigenvalue weighted by Gasteiger charge is -2.03. The van der Waals surface area contributed by atoms with Gasteiger partial charge in [0.1, 0.15) is 11.3 Å². The molecule has 0 amide bonds. The van der Waals surface area contributed by atoms with Crippen LogP contribution in [0.25, 0.3) is 17.0 Å². The second-order valence-electron chi connectivity index (χ2n) is 6.01. The number of allylic oxidation sites excluding steroid dienone is 1. The number of nitro benzene ring substituents is 1. The van der Waals surface area contributed by atoms with E-state index >= 15 is 0 Å². The number of nitrogens with zero attached hydrogens (tertiary/aromatic N) is 1. The zero-order chi connectivity index (χ0) is 19.3. The number of benzene rings is 2. The second kappa shape index (κ2) is 5.80. The van der Waals surface area contributed by atoms with Crippen LogP contribution in [0.5, 0.6) is 11.5 Å². The smallest absolute Gasteiger partial charge is 0.336 e. The van der Waals surface area contributed by atoms with Crippen molar-refractivity contribution in [3.05, 3.63) is 79.4 Å². The largest absolute Gasteiger partial charge is 0.502 e. The van der Waals surface area contributed by atoms with Crippen molar-refractivity contribution in [3.8, 4) is 11.5 Å². The number of fused-ring (bicyclic) bond motifs is 3. The van der Waals surface area contributed by atoms with Crippen molar-refractivity contribution >= 4 is 28.5 Å². The molecule has 1 aliphatic rings. The molecule has 1 aliphatic heterocycles. The molecule has 2 aromatic carbocycles. The molecule has 134 valence electrons. The van der Waals surface area contributed by atoms with Crippen LogP contribution in [0, 0.1) is 17.0 Å². The van der Waals surface area contributed by atoms with Crippen molar-refractivity contribution in [3.63, 3.8) is 0 Å². The molecule has 0 saturated heterocycles. The van der Waals surface area contributed by atoms with E-state index in [0.29, 0.717) is 16.5 Å². The van der Waals surface area contributed by atoms with E-state index < -0.39 is 27.8 Å². The number of carbonyl (C=O) groups is 1. The van der Waals surface area contributed by atoms with Crippen LogP contribution in [-0.4, -0.2) is 15.8 Å². The number of ketones is 1. The topological polar surface area (TPSA) is 120 Å². The molecule has 8 nitrogen and oxygen atoms in total. The zero-order valence-corrected chi connectivity index (χ0v) is 13.9. The minimum absolute atomic E-state index is 0.0464. The third-order valence-corrected chi connectivity index (χ3v) is 4.25. The first-order valence-electron chi connectivity index (χ1n) is 7.84. The summed E-state index contributed by atoms with van der Waals surface area (Å²) in [6, 6.07) is 8.31. The lowest BCUT2D eigenvalue weighted by atomic mass is 10.0. The highest BCUT2D eigenvalue weighted by atomic mass is 16.6. The Labute approximate surface area is 151 Å². The molecule has 0 atom stereocenters. The first kappa shape index (κ1) is 16.5. The number of aromatic hydroxyl groups is 1. The van der Waals surface area contributed by atoms with E-state index in [-0.39, 0.29) is 22.7 Å². The number of carbonyl (C=O) groups excluding carboxylic acids is 1. The number of rotatable bonds is 2. The zero-order valence-electron chi connectivity index (χ0n) is 13.9. The minimum Gasteiger partial charge on any atom is -0.502 e. The molecule has 27 heavy (non-hydrogen) atoms. The van der Waals surface area contributed by atoms with Crippen molar-refractivity contribution < 1.29 is 24.0 Å². The van der Waals surface area contributed by atoms with Gasteiger partial charge < -0.3 is 14.3 Å². The fourth-order valence-corrected chi connectivity index (χ4v) is 2.98. The molecule has 8 heteroatoms. The highest BCUT2D eigenvalue weighted by Gasteiger charge is 2.31. The third-order valence-electron chi connectivity index (χ3n) is 4.25. The molecule has 4 rings (SSSR count). The monoisotopic (exact) mass is 365 g/mol. The van der Waals surface area contributed by atoms with Crippen LogP contribution in [-0.2, 0) is 0 Å². The number of nitro groups is 1. The molecule has 1 N–H and O–H groups in total. The van der Waals surface area contributed by atoms with Gasteiger partial charge in [0, 0.05) is 17.5 Å². The Kier molecular flexibility index (Phi) is 3.55. The predicted octanol–water partition coefficient (Wildman–Crippen LogP) is 3.33. The van der Waals surface area contributed by atoms with Crippen LogP contribution < -0.4 is 10.4 Å². The minimum atomic E-state index is -0.712. The average Bonchev–Trinajstić information content (AvgIpc) is 2.90.